The van der Waals surface area contributed by atoms with Crippen LogP contribution in [0.3, 0.4) is 0 Å². The lowest BCUT2D eigenvalue weighted by Gasteiger charge is -2.13. The van der Waals surface area contributed by atoms with Crippen molar-refractivity contribution >= 4 is 40.1 Å². The predicted octanol–water partition coefficient (Wildman–Crippen LogP) is 2.56. The van der Waals surface area contributed by atoms with Crippen molar-refractivity contribution in [1.82, 2.24) is 21.2 Å². The van der Waals surface area contributed by atoms with E-state index in [1.54, 1.807) is 24.5 Å². The predicted molar refractivity (Wildman–Crippen MR) is 112 cm³/mol. The normalized spacial score (nSPS) is 10.4. The lowest BCUT2D eigenvalue weighted by Crippen LogP contribution is -2.47. The van der Waals surface area contributed by atoms with Crippen LogP contribution in [0.5, 0.6) is 0 Å². The Balaban J connectivity index is 1.66. The molecule has 2 aromatic heterocycles. The van der Waals surface area contributed by atoms with Crippen molar-refractivity contribution in [1.29, 1.82) is 0 Å². The van der Waals surface area contributed by atoms with Gasteiger partial charge in [-0.15, -0.1) is 0 Å². The molecule has 8 nitrogen and oxygen atoms in total. The Kier molecular flexibility index (Phi) is 6.75. The Morgan fingerprint density at radius 3 is 2.76 bits per heavy atom. The first-order valence-electron chi connectivity index (χ1n) is 8.93. The molecule has 0 bridgehead atoms. The minimum absolute atomic E-state index is 0.243. The van der Waals surface area contributed by atoms with Crippen LogP contribution in [0, 0.1) is 0 Å². The first-order chi connectivity index (χ1) is 14.1. The number of nitrogens with zero attached hydrogens (tertiary/aromatic N) is 1. The summed E-state index contributed by atoms with van der Waals surface area (Å²) >= 11 is 5.14. The molecule has 0 aliphatic rings. The molecule has 1 aromatic carbocycles. The van der Waals surface area contributed by atoms with Gasteiger partial charge in [0.05, 0.1) is 24.5 Å². The van der Waals surface area contributed by atoms with Crippen LogP contribution in [0.2, 0.25) is 0 Å². The molecule has 0 unspecified atom stereocenters. The Bertz CT molecular complexity index is 1020. The highest BCUT2D eigenvalue weighted by Crippen LogP contribution is 2.25. The summed E-state index contributed by atoms with van der Waals surface area (Å²) in [5.74, 6) is -0.0772. The number of para-hydroxylation sites is 1. The first kappa shape index (κ1) is 20.3. The van der Waals surface area contributed by atoms with Crippen LogP contribution in [0.25, 0.3) is 22.4 Å². The van der Waals surface area contributed by atoms with E-state index < -0.39 is 0 Å². The number of pyridine rings is 1. The van der Waals surface area contributed by atoms with E-state index >= 15 is 0 Å². The van der Waals surface area contributed by atoms with E-state index in [0.717, 1.165) is 0 Å². The fraction of sp³-hybridized carbons (Fsp3) is 0.200. The third-order valence-electron chi connectivity index (χ3n) is 4.09. The van der Waals surface area contributed by atoms with Crippen LogP contribution in [0.15, 0.2) is 53.1 Å². The summed E-state index contributed by atoms with van der Waals surface area (Å²) in [5.41, 5.74) is 6.91. The fourth-order valence-corrected chi connectivity index (χ4v) is 2.83. The molecule has 0 radical (unpaired) electrons. The lowest BCUT2D eigenvalue weighted by molar-refractivity contribution is -0.140. The van der Waals surface area contributed by atoms with E-state index in [2.05, 4.69) is 25.9 Å². The molecule has 2 heterocycles. The quantitative estimate of drug-likeness (QED) is 0.246. The van der Waals surface area contributed by atoms with Gasteiger partial charge >= 0.3 is 5.97 Å². The Morgan fingerprint density at radius 1 is 1.17 bits per heavy atom. The van der Waals surface area contributed by atoms with Crippen molar-refractivity contribution in [3.05, 3.63) is 54.3 Å². The summed E-state index contributed by atoms with van der Waals surface area (Å²) in [7, 11) is 1.34. The van der Waals surface area contributed by atoms with Crippen molar-refractivity contribution in [3.8, 4) is 11.5 Å². The van der Waals surface area contributed by atoms with Crippen LogP contribution < -0.4 is 16.2 Å². The highest BCUT2D eigenvalue weighted by molar-refractivity contribution is 7.80. The third kappa shape index (κ3) is 5.29. The number of fused-ring (bicyclic) bond motifs is 1. The van der Waals surface area contributed by atoms with Gasteiger partial charge in [0.1, 0.15) is 5.69 Å². The molecule has 29 heavy (non-hydrogen) atoms. The van der Waals surface area contributed by atoms with E-state index in [9.17, 15) is 9.59 Å². The van der Waals surface area contributed by atoms with Gasteiger partial charge in [0, 0.05) is 18.4 Å². The molecule has 0 atom stereocenters. The fourth-order valence-electron chi connectivity index (χ4n) is 2.68. The third-order valence-corrected chi connectivity index (χ3v) is 4.34. The van der Waals surface area contributed by atoms with Crippen LogP contribution in [0.4, 0.5) is 0 Å². The molecular formula is C20H20N4O4S. The maximum Gasteiger partial charge on any atom is 0.305 e. The van der Waals surface area contributed by atoms with Crippen molar-refractivity contribution in [3.63, 3.8) is 0 Å². The van der Waals surface area contributed by atoms with Gasteiger partial charge in [-0.25, -0.2) is 4.98 Å². The number of esters is 1. The number of aromatic nitrogens is 1. The molecule has 3 N–H and O–H groups in total. The molecule has 9 heteroatoms. The van der Waals surface area contributed by atoms with Crippen molar-refractivity contribution in [2.75, 3.05) is 13.7 Å². The number of hydrogen-bond donors (Lipinski definition) is 3. The monoisotopic (exact) mass is 412 g/mol. The average Bonchev–Trinajstić information content (AvgIpc) is 3.29. The van der Waals surface area contributed by atoms with Crippen LogP contribution in [0.1, 0.15) is 23.2 Å². The van der Waals surface area contributed by atoms with E-state index in [-0.39, 0.29) is 23.4 Å². The molecule has 0 saturated carbocycles. The zero-order valence-corrected chi connectivity index (χ0v) is 16.5. The molecule has 1 amide bonds. The number of furan rings is 1. The molecule has 3 rings (SSSR count). The minimum atomic E-state index is -0.366. The van der Waals surface area contributed by atoms with Crippen molar-refractivity contribution in [2.24, 2.45) is 0 Å². The Hall–Kier alpha value is -3.46. The minimum Gasteiger partial charge on any atom is -0.469 e. The summed E-state index contributed by atoms with van der Waals surface area (Å²) in [4.78, 5) is 28.4. The molecule has 0 saturated heterocycles. The van der Waals surface area contributed by atoms with Gasteiger partial charge in [0.15, 0.2) is 10.9 Å². The first-order valence-corrected chi connectivity index (χ1v) is 9.34. The second-order valence-corrected chi connectivity index (χ2v) is 6.47. The molecule has 3 aromatic rings. The number of amides is 1. The topological polar surface area (TPSA) is 105 Å². The summed E-state index contributed by atoms with van der Waals surface area (Å²) in [6.07, 6.45) is 2.40. The summed E-state index contributed by atoms with van der Waals surface area (Å²) in [6.45, 7) is 0.470. The van der Waals surface area contributed by atoms with E-state index in [4.69, 9.17) is 16.6 Å². The van der Waals surface area contributed by atoms with Gasteiger partial charge in [0.25, 0.3) is 5.91 Å². The van der Waals surface area contributed by atoms with Gasteiger partial charge in [-0.2, -0.15) is 0 Å². The van der Waals surface area contributed by atoms with Crippen LogP contribution in [-0.4, -0.2) is 35.6 Å². The number of nitrogens with one attached hydrogen (secondary N) is 3. The number of hydrazine groups is 1. The number of carbonyl (C=O) groups is 2. The molecule has 0 fully saturated rings. The maximum absolute atomic E-state index is 12.8. The largest absolute Gasteiger partial charge is 0.469 e. The highest BCUT2D eigenvalue weighted by atomic mass is 32.1. The Morgan fingerprint density at radius 2 is 2.00 bits per heavy atom. The second-order valence-electron chi connectivity index (χ2n) is 6.06. The van der Waals surface area contributed by atoms with Gasteiger partial charge in [-0.3, -0.25) is 20.4 Å². The van der Waals surface area contributed by atoms with Crippen LogP contribution >= 0.6 is 12.2 Å². The number of benzene rings is 1. The summed E-state index contributed by atoms with van der Waals surface area (Å²) in [5, 5.41) is 3.86. The standard InChI is InChI=1S/C20H20N4O4S/c1-27-18(25)9-4-10-21-20(29)24-23-19(26)14-12-16(17-8-5-11-28-17)22-15-7-3-2-6-13(14)15/h2-3,5-8,11-12H,4,9-10H2,1H3,(H,23,26)(H2,21,24,29). The molecule has 0 aliphatic carbocycles. The Labute approximate surface area is 172 Å². The summed E-state index contributed by atoms with van der Waals surface area (Å²) < 4.78 is 9.98. The smallest absolute Gasteiger partial charge is 0.305 e. The van der Waals surface area contributed by atoms with Gasteiger partial charge in [0.2, 0.25) is 0 Å². The molecule has 0 aliphatic heterocycles. The number of methoxy groups -OCH3 is 1. The molecule has 0 spiro atoms. The van der Waals surface area contributed by atoms with Crippen molar-refractivity contribution < 1.29 is 18.7 Å². The van der Waals surface area contributed by atoms with E-state index in [0.29, 0.717) is 40.9 Å². The highest BCUT2D eigenvalue weighted by Gasteiger charge is 2.15. The number of hydrogen-bond acceptors (Lipinski definition) is 6. The number of carbonyl (C=O) groups excluding carboxylic acids is 2. The summed E-state index contributed by atoms with van der Waals surface area (Å²) in [6, 6.07) is 12.6. The number of thiocarbonyl (C=S) groups is 1. The van der Waals surface area contributed by atoms with Gasteiger partial charge in [-0.05, 0) is 42.9 Å². The van der Waals surface area contributed by atoms with Crippen LogP contribution in [-0.2, 0) is 9.53 Å². The molecule has 150 valence electrons. The lowest BCUT2D eigenvalue weighted by atomic mass is 10.1. The van der Waals surface area contributed by atoms with Crippen molar-refractivity contribution in [2.45, 2.75) is 12.8 Å². The van der Waals surface area contributed by atoms with E-state index in [1.807, 2.05) is 24.3 Å². The maximum atomic E-state index is 12.8. The molecular weight excluding hydrogens is 392 g/mol. The number of rotatable bonds is 6. The number of ether oxygens (including phenoxy) is 1. The average molecular weight is 412 g/mol. The second kappa shape index (κ2) is 9.65. The SMILES string of the molecule is COC(=O)CCCNC(=S)NNC(=O)c1cc(-c2ccco2)nc2ccccc12. The van der Waals surface area contributed by atoms with E-state index in [1.165, 1.54) is 7.11 Å². The zero-order chi connectivity index (χ0) is 20.6. The van der Waals surface area contributed by atoms with Gasteiger partial charge in [-0.1, -0.05) is 18.2 Å². The zero-order valence-electron chi connectivity index (χ0n) is 15.7. The van der Waals surface area contributed by atoms with Gasteiger partial charge < -0.3 is 14.5 Å².